The molecule has 1 unspecified atom stereocenters. The van der Waals surface area contributed by atoms with E-state index >= 15 is 0 Å². The molecule has 26 heavy (non-hydrogen) atoms. The molecule has 0 aliphatic heterocycles. The Hall–Kier alpha value is -3.33. The van der Waals surface area contributed by atoms with Crippen molar-refractivity contribution in [1.29, 1.82) is 0 Å². The molecular formula is C17H14F2N6O. The third-order valence-corrected chi connectivity index (χ3v) is 3.86. The number of nitrogens with zero attached hydrogens (tertiary/aromatic N) is 5. The minimum atomic E-state index is -1.15. The molecule has 1 atom stereocenters. The molecule has 132 valence electrons. The van der Waals surface area contributed by atoms with E-state index in [0.29, 0.717) is 22.7 Å². The van der Waals surface area contributed by atoms with Gasteiger partial charge in [-0.15, -0.1) is 0 Å². The summed E-state index contributed by atoms with van der Waals surface area (Å²) in [7, 11) is 0. The van der Waals surface area contributed by atoms with Crippen molar-refractivity contribution in [2.24, 2.45) is 0 Å². The van der Waals surface area contributed by atoms with Crippen molar-refractivity contribution in [3.05, 3.63) is 71.8 Å². The fraction of sp³-hybridized carbons (Fsp3) is 0.118. The van der Waals surface area contributed by atoms with Crippen LogP contribution in [0.25, 0.3) is 11.3 Å². The molecule has 4 aromatic rings. The normalized spacial score (nSPS) is 12.5. The average Bonchev–Trinajstić information content (AvgIpc) is 3.18. The van der Waals surface area contributed by atoms with Crippen LogP contribution in [0.15, 0.2) is 48.9 Å². The first-order valence-corrected chi connectivity index (χ1v) is 7.78. The molecule has 4 rings (SSSR count). The van der Waals surface area contributed by atoms with Gasteiger partial charge in [0.25, 0.3) is 0 Å². The number of hydrogen-bond donors (Lipinski definition) is 2. The van der Waals surface area contributed by atoms with Gasteiger partial charge in [0.1, 0.15) is 17.3 Å². The third kappa shape index (κ3) is 2.78. The number of anilines is 1. The molecule has 0 saturated heterocycles. The van der Waals surface area contributed by atoms with Gasteiger partial charge in [0, 0.05) is 24.5 Å². The monoisotopic (exact) mass is 356 g/mol. The van der Waals surface area contributed by atoms with E-state index in [1.165, 1.54) is 21.5 Å². The molecule has 2 N–H and O–H groups in total. The van der Waals surface area contributed by atoms with Gasteiger partial charge in [0.15, 0.2) is 17.7 Å². The van der Waals surface area contributed by atoms with Crippen LogP contribution in [0.3, 0.4) is 0 Å². The lowest BCUT2D eigenvalue weighted by atomic mass is 10.3. The maximum Gasteiger partial charge on any atom is 0.162 e. The van der Waals surface area contributed by atoms with Crippen LogP contribution in [0.1, 0.15) is 17.5 Å². The molecule has 7 nitrogen and oxygen atoms in total. The van der Waals surface area contributed by atoms with Crippen molar-refractivity contribution in [1.82, 2.24) is 24.4 Å². The van der Waals surface area contributed by atoms with E-state index < -0.39 is 17.9 Å². The van der Waals surface area contributed by atoms with E-state index in [0.717, 1.165) is 12.1 Å². The first-order chi connectivity index (χ1) is 12.5. The zero-order valence-corrected chi connectivity index (χ0v) is 13.6. The molecule has 3 aromatic heterocycles. The number of benzene rings is 1. The first kappa shape index (κ1) is 16.2. The molecule has 9 heteroatoms. The Morgan fingerprint density at radius 2 is 2.08 bits per heavy atom. The highest BCUT2D eigenvalue weighted by Crippen LogP contribution is 2.25. The Balaban J connectivity index is 1.71. The molecule has 0 saturated carbocycles. The second kappa shape index (κ2) is 6.19. The van der Waals surface area contributed by atoms with Crippen LogP contribution in [-0.2, 0) is 0 Å². The van der Waals surface area contributed by atoms with Gasteiger partial charge in [-0.2, -0.15) is 10.2 Å². The van der Waals surface area contributed by atoms with Gasteiger partial charge in [-0.05, 0) is 25.1 Å². The maximum absolute atomic E-state index is 14.1. The summed E-state index contributed by atoms with van der Waals surface area (Å²) in [5, 5.41) is 21.8. The number of nitrogens with one attached hydrogen (secondary N) is 1. The van der Waals surface area contributed by atoms with E-state index in [1.807, 2.05) is 0 Å². The summed E-state index contributed by atoms with van der Waals surface area (Å²) in [5.74, 6) is -1.10. The van der Waals surface area contributed by atoms with Crippen LogP contribution in [0, 0.1) is 18.6 Å². The van der Waals surface area contributed by atoms with Crippen molar-refractivity contribution in [2.45, 2.75) is 13.2 Å². The Kier molecular flexibility index (Phi) is 3.85. The van der Waals surface area contributed by atoms with Crippen LogP contribution in [0.4, 0.5) is 14.6 Å². The summed E-state index contributed by atoms with van der Waals surface area (Å²) in [6.07, 6.45) is 3.64. The second-order valence-corrected chi connectivity index (χ2v) is 5.71. The molecular weight excluding hydrogens is 342 g/mol. The average molecular weight is 356 g/mol. The maximum atomic E-state index is 14.1. The standard InChI is InChI=1S/C17H14F2N6O/c1-10-7-15(25(23-10)14-4-3-11(18)8-13(14)19)22-17(26)12-9-21-24-6-2-5-20-16(12)24/h2-9,17,22,26H,1H3. The van der Waals surface area contributed by atoms with E-state index in [4.69, 9.17) is 0 Å². The molecule has 0 aliphatic carbocycles. The number of hydrogen-bond acceptors (Lipinski definition) is 5. The molecule has 1 aromatic carbocycles. The summed E-state index contributed by atoms with van der Waals surface area (Å²) in [6, 6.07) is 6.57. The minimum absolute atomic E-state index is 0.0622. The fourth-order valence-electron chi connectivity index (χ4n) is 2.70. The fourth-order valence-corrected chi connectivity index (χ4v) is 2.70. The van der Waals surface area contributed by atoms with Crippen LogP contribution < -0.4 is 5.32 Å². The SMILES string of the molecule is Cc1cc(NC(O)c2cnn3cccnc23)n(-c2ccc(F)cc2F)n1. The molecule has 0 fully saturated rings. The Morgan fingerprint density at radius 1 is 1.23 bits per heavy atom. The number of aliphatic hydroxyl groups is 1. The van der Waals surface area contributed by atoms with Gasteiger partial charge in [-0.1, -0.05) is 0 Å². The largest absolute Gasteiger partial charge is 0.369 e. The van der Waals surface area contributed by atoms with Crippen molar-refractivity contribution >= 4 is 11.5 Å². The predicted octanol–water partition coefficient (Wildman–Crippen LogP) is 2.60. The quantitative estimate of drug-likeness (QED) is 0.550. The number of aliphatic hydroxyl groups excluding tert-OH is 1. The molecule has 0 amide bonds. The van der Waals surface area contributed by atoms with Gasteiger partial charge < -0.3 is 10.4 Å². The van der Waals surface area contributed by atoms with Crippen LogP contribution in [0.5, 0.6) is 0 Å². The highest BCUT2D eigenvalue weighted by molar-refractivity contribution is 5.52. The number of rotatable bonds is 4. The number of aryl methyl sites for hydroxylation is 1. The molecule has 0 bridgehead atoms. The summed E-state index contributed by atoms with van der Waals surface area (Å²) < 4.78 is 30.1. The Labute approximate surface area is 146 Å². The van der Waals surface area contributed by atoms with Crippen LogP contribution >= 0.6 is 0 Å². The lowest BCUT2D eigenvalue weighted by Crippen LogP contribution is -2.14. The first-order valence-electron chi connectivity index (χ1n) is 7.78. The summed E-state index contributed by atoms with van der Waals surface area (Å²) in [5.41, 5.74) is 1.60. The van der Waals surface area contributed by atoms with E-state index in [2.05, 4.69) is 20.5 Å². The van der Waals surface area contributed by atoms with Gasteiger partial charge >= 0.3 is 0 Å². The van der Waals surface area contributed by atoms with Crippen molar-refractivity contribution in [3.8, 4) is 5.69 Å². The van der Waals surface area contributed by atoms with Gasteiger partial charge in [-0.25, -0.2) is 23.0 Å². The third-order valence-electron chi connectivity index (χ3n) is 3.86. The lowest BCUT2D eigenvalue weighted by Gasteiger charge is -2.15. The van der Waals surface area contributed by atoms with E-state index in [-0.39, 0.29) is 5.69 Å². The topological polar surface area (TPSA) is 80.3 Å². The summed E-state index contributed by atoms with van der Waals surface area (Å²) in [6.45, 7) is 1.73. The second-order valence-electron chi connectivity index (χ2n) is 5.71. The van der Waals surface area contributed by atoms with Gasteiger partial charge in [0.05, 0.1) is 17.5 Å². The van der Waals surface area contributed by atoms with E-state index in [1.54, 1.807) is 31.5 Å². The van der Waals surface area contributed by atoms with Crippen molar-refractivity contribution in [2.75, 3.05) is 5.32 Å². The smallest absolute Gasteiger partial charge is 0.162 e. The van der Waals surface area contributed by atoms with Gasteiger partial charge in [0.2, 0.25) is 0 Å². The molecule has 0 aliphatic rings. The Morgan fingerprint density at radius 3 is 2.88 bits per heavy atom. The predicted molar refractivity (Wildman–Crippen MR) is 89.8 cm³/mol. The Bertz CT molecular complexity index is 1090. The van der Waals surface area contributed by atoms with Crippen LogP contribution in [-0.4, -0.2) is 29.5 Å². The summed E-state index contributed by atoms with van der Waals surface area (Å²) in [4.78, 5) is 4.19. The zero-order valence-electron chi connectivity index (χ0n) is 13.6. The van der Waals surface area contributed by atoms with E-state index in [9.17, 15) is 13.9 Å². The zero-order chi connectivity index (χ0) is 18.3. The number of halogens is 2. The molecule has 3 heterocycles. The molecule has 0 spiro atoms. The highest BCUT2D eigenvalue weighted by Gasteiger charge is 2.18. The van der Waals surface area contributed by atoms with Crippen molar-refractivity contribution in [3.63, 3.8) is 0 Å². The highest BCUT2D eigenvalue weighted by atomic mass is 19.1. The number of aromatic nitrogens is 5. The van der Waals surface area contributed by atoms with Crippen LogP contribution in [0.2, 0.25) is 0 Å². The molecule has 0 radical (unpaired) electrons. The minimum Gasteiger partial charge on any atom is -0.369 e. The van der Waals surface area contributed by atoms with Crippen molar-refractivity contribution < 1.29 is 13.9 Å². The number of fused-ring (bicyclic) bond motifs is 1. The summed E-state index contributed by atoms with van der Waals surface area (Å²) >= 11 is 0. The van der Waals surface area contributed by atoms with Gasteiger partial charge in [-0.3, -0.25) is 0 Å². The lowest BCUT2D eigenvalue weighted by molar-refractivity contribution is 0.208.